The second-order valence-corrected chi connectivity index (χ2v) is 14.4. The molecule has 3 aliphatic heterocycles. The third-order valence-corrected chi connectivity index (χ3v) is 10.7. The van der Waals surface area contributed by atoms with Gasteiger partial charge in [0.25, 0.3) is 5.91 Å². The van der Waals surface area contributed by atoms with E-state index < -0.39 is 72.5 Å². The molecular weight excluding hydrogens is 794 g/mol. The van der Waals surface area contributed by atoms with Crippen molar-refractivity contribution in [3.05, 3.63) is 118 Å². The second kappa shape index (κ2) is 19.5. The summed E-state index contributed by atoms with van der Waals surface area (Å²) < 4.78 is 47.7. The molecule has 300 valence electrons. The minimum atomic E-state index is -2.07. The van der Waals surface area contributed by atoms with Crippen LogP contribution in [0.3, 0.4) is 0 Å². The molecule has 2 amide bonds. The maximum Gasteiger partial charge on any atom is 0.417 e. The van der Waals surface area contributed by atoms with E-state index in [1.165, 1.54) is 14.2 Å². The lowest BCUT2D eigenvalue weighted by Crippen LogP contribution is -2.61. The van der Waals surface area contributed by atoms with Gasteiger partial charge < -0.3 is 48.1 Å². The van der Waals surface area contributed by atoms with Crippen LogP contribution in [0.5, 0.6) is 0 Å². The van der Waals surface area contributed by atoms with Crippen LogP contribution in [0.4, 0.5) is 4.79 Å². The topological polar surface area (TPSA) is 169 Å². The van der Waals surface area contributed by atoms with E-state index in [0.717, 1.165) is 22.1 Å². The lowest BCUT2D eigenvalue weighted by atomic mass is 9.97. The monoisotopic (exact) mass is 839 g/mol. The van der Waals surface area contributed by atoms with E-state index in [-0.39, 0.29) is 50.4 Å². The van der Waals surface area contributed by atoms with Crippen LogP contribution >= 0.6 is 15.9 Å². The summed E-state index contributed by atoms with van der Waals surface area (Å²) in [4.78, 5) is 40.8. The first kappa shape index (κ1) is 41.8. The number of hydrogen-bond donors (Lipinski definition) is 2. The van der Waals surface area contributed by atoms with Gasteiger partial charge in [-0.15, -0.1) is 0 Å². The Kier molecular flexibility index (Phi) is 14.6. The predicted octanol–water partition coefficient (Wildman–Crippen LogP) is 4.36. The average Bonchev–Trinajstić information content (AvgIpc) is 3.62. The molecule has 0 spiro atoms. The zero-order chi connectivity index (χ0) is 39.7. The number of amides is 2. The molecule has 0 radical (unpaired) electrons. The summed E-state index contributed by atoms with van der Waals surface area (Å²) in [7, 11) is 2.68. The van der Waals surface area contributed by atoms with Crippen LogP contribution in [-0.2, 0) is 60.7 Å². The van der Waals surface area contributed by atoms with Crippen molar-refractivity contribution in [3.63, 3.8) is 0 Å². The number of nitrogens with zero attached hydrogens (tertiary/aromatic N) is 1. The smallest absolute Gasteiger partial charge is 0.417 e. The number of ether oxygens (including phenoxy) is 8. The third kappa shape index (κ3) is 9.62. The standard InChI is InChI=1S/C41H46BrNO13/c1-49-36(38(46)43-29(25-54-40(43)47)28-17-10-5-11-18-28)33-30(45)21-32(42)41(48,56-33)19-12-20-51-37-35(53-24-27-15-8-4-9-16-27)34(31(22-44)55-39(37)50-2)52-23-26-13-6-3-7-14-26/h3-11,13-18,21,29,31,33-37,39,44,48H,12,19-20,22-25H2,1-2H3/t29-,31-,33-,34-,35+,36+,37+,39+,41-/m1/s1. The summed E-state index contributed by atoms with van der Waals surface area (Å²) in [5.41, 5.74) is 2.49. The minimum absolute atomic E-state index is 0.0316. The number of cyclic esters (lactones) is 1. The summed E-state index contributed by atoms with van der Waals surface area (Å²) in [6, 6.07) is 27.3. The maximum atomic E-state index is 13.8. The summed E-state index contributed by atoms with van der Waals surface area (Å²) >= 11 is 3.28. The van der Waals surface area contributed by atoms with E-state index in [1.54, 1.807) is 30.3 Å². The first-order valence-electron chi connectivity index (χ1n) is 18.3. The Balaban J connectivity index is 1.15. The van der Waals surface area contributed by atoms with Crippen LogP contribution in [-0.4, -0.2) is 116 Å². The van der Waals surface area contributed by atoms with E-state index in [4.69, 9.17) is 37.9 Å². The van der Waals surface area contributed by atoms with E-state index in [0.29, 0.717) is 5.56 Å². The lowest BCUT2D eigenvalue weighted by Gasteiger charge is -2.45. The van der Waals surface area contributed by atoms with Gasteiger partial charge in [-0.2, -0.15) is 0 Å². The van der Waals surface area contributed by atoms with Gasteiger partial charge in [0.2, 0.25) is 0 Å². The Labute approximate surface area is 333 Å². The number of halogens is 1. The van der Waals surface area contributed by atoms with Gasteiger partial charge in [-0.3, -0.25) is 9.59 Å². The zero-order valence-electron chi connectivity index (χ0n) is 31.0. The van der Waals surface area contributed by atoms with Gasteiger partial charge in [-0.25, -0.2) is 9.69 Å². The van der Waals surface area contributed by atoms with Crippen LogP contribution in [0, 0.1) is 0 Å². The summed E-state index contributed by atoms with van der Waals surface area (Å²) in [5.74, 6) is -3.57. The number of benzene rings is 3. The highest BCUT2D eigenvalue weighted by Crippen LogP contribution is 2.38. The molecule has 2 N–H and O–H groups in total. The SMILES string of the molecule is CO[C@H]1O[C@H](CO)[C@@H](OCc2ccccc2)[C@H](OCc2ccccc2)[C@@H]1OCCC[C@@]1(O)O[C@@H]([C@H](OC)C(=O)N2C(=O)OC[C@@H]2c2ccccc2)C(=O)C=C1Br. The number of aliphatic hydroxyl groups excluding tert-OH is 1. The zero-order valence-corrected chi connectivity index (χ0v) is 32.6. The molecule has 6 rings (SSSR count). The largest absolute Gasteiger partial charge is 0.446 e. The van der Waals surface area contributed by atoms with Gasteiger partial charge in [0.1, 0.15) is 37.1 Å². The first-order chi connectivity index (χ1) is 27.2. The fourth-order valence-electron chi connectivity index (χ4n) is 6.96. The van der Waals surface area contributed by atoms with Gasteiger partial charge in [0.15, 0.2) is 30.1 Å². The highest BCUT2D eigenvalue weighted by molar-refractivity contribution is 9.11. The molecule has 0 bridgehead atoms. The predicted molar refractivity (Wildman–Crippen MR) is 202 cm³/mol. The van der Waals surface area contributed by atoms with Gasteiger partial charge in [0.05, 0.1) is 24.3 Å². The second-order valence-electron chi connectivity index (χ2n) is 13.5. The summed E-state index contributed by atoms with van der Waals surface area (Å²) in [6.45, 7) is 0.0337. The van der Waals surface area contributed by atoms with Crippen LogP contribution in [0.25, 0.3) is 0 Å². The Morgan fingerprint density at radius 3 is 2.09 bits per heavy atom. The van der Waals surface area contributed by atoms with E-state index >= 15 is 0 Å². The van der Waals surface area contributed by atoms with Crippen molar-refractivity contribution >= 4 is 33.7 Å². The molecule has 14 nitrogen and oxygen atoms in total. The van der Waals surface area contributed by atoms with Crippen LogP contribution in [0.2, 0.25) is 0 Å². The molecule has 2 saturated heterocycles. The van der Waals surface area contributed by atoms with Crippen molar-refractivity contribution in [3.8, 4) is 0 Å². The normalized spacial score (nSPS) is 28.5. The number of carbonyl (C=O) groups excluding carboxylic acids is 3. The number of imide groups is 1. The number of rotatable bonds is 17. The van der Waals surface area contributed by atoms with Crippen molar-refractivity contribution in [2.45, 2.75) is 80.8 Å². The Morgan fingerprint density at radius 1 is 0.893 bits per heavy atom. The van der Waals surface area contributed by atoms with Crippen molar-refractivity contribution in [1.29, 1.82) is 0 Å². The molecule has 0 saturated carbocycles. The molecular formula is C41H46BrNO13. The fourth-order valence-corrected chi connectivity index (χ4v) is 7.47. The number of hydrogen-bond acceptors (Lipinski definition) is 13. The molecule has 2 fully saturated rings. The Hall–Kier alpha value is -3.87. The molecule has 3 aromatic carbocycles. The average molecular weight is 841 g/mol. The third-order valence-electron chi connectivity index (χ3n) is 9.86. The minimum Gasteiger partial charge on any atom is -0.446 e. The highest BCUT2D eigenvalue weighted by Gasteiger charge is 2.51. The van der Waals surface area contributed by atoms with Gasteiger partial charge in [-0.05, 0) is 45.1 Å². The Bertz CT molecular complexity index is 1780. The van der Waals surface area contributed by atoms with Gasteiger partial charge >= 0.3 is 6.09 Å². The fraction of sp³-hybridized carbons (Fsp3) is 0.439. The Morgan fingerprint density at radius 2 is 1.50 bits per heavy atom. The molecule has 3 heterocycles. The quantitative estimate of drug-likeness (QED) is 0.184. The molecule has 9 atom stereocenters. The van der Waals surface area contributed by atoms with Crippen LogP contribution in [0.15, 0.2) is 102 Å². The highest BCUT2D eigenvalue weighted by atomic mass is 79.9. The van der Waals surface area contributed by atoms with E-state index in [9.17, 15) is 24.6 Å². The van der Waals surface area contributed by atoms with Crippen molar-refractivity contribution in [2.24, 2.45) is 0 Å². The molecule has 56 heavy (non-hydrogen) atoms. The van der Waals surface area contributed by atoms with Crippen molar-refractivity contribution in [1.82, 2.24) is 4.90 Å². The molecule has 3 aromatic rings. The number of ketones is 1. The van der Waals surface area contributed by atoms with Gasteiger partial charge in [0, 0.05) is 27.2 Å². The number of carbonyl (C=O) groups is 3. The number of aliphatic hydroxyl groups is 2. The molecule has 0 aliphatic carbocycles. The van der Waals surface area contributed by atoms with Crippen LogP contribution in [0.1, 0.15) is 35.6 Å². The molecule has 15 heteroatoms. The number of methoxy groups -OCH3 is 2. The van der Waals surface area contributed by atoms with E-state index in [2.05, 4.69) is 15.9 Å². The van der Waals surface area contributed by atoms with Crippen molar-refractivity contribution in [2.75, 3.05) is 34.0 Å². The molecule has 3 aliphatic rings. The first-order valence-corrected chi connectivity index (χ1v) is 19.1. The lowest BCUT2D eigenvalue weighted by molar-refractivity contribution is -0.320. The van der Waals surface area contributed by atoms with E-state index in [1.807, 2.05) is 60.7 Å². The van der Waals surface area contributed by atoms with Crippen LogP contribution < -0.4 is 0 Å². The van der Waals surface area contributed by atoms with Crippen molar-refractivity contribution < 1.29 is 62.5 Å². The summed E-state index contributed by atoms with van der Waals surface area (Å²) in [5, 5.41) is 22.1. The maximum absolute atomic E-state index is 13.8. The molecule has 0 aromatic heterocycles. The molecule has 0 unspecified atom stereocenters. The summed E-state index contributed by atoms with van der Waals surface area (Å²) in [6.07, 6.45) is -6.94. The van der Waals surface area contributed by atoms with Gasteiger partial charge in [-0.1, -0.05) is 91.0 Å².